The predicted molar refractivity (Wildman–Crippen MR) is 205 cm³/mol. The van der Waals surface area contributed by atoms with Gasteiger partial charge in [0.1, 0.15) is 16.2 Å². The number of fused-ring (bicyclic) bond motifs is 8. The van der Waals surface area contributed by atoms with Crippen molar-refractivity contribution in [1.29, 1.82) is 0 Å². The fourth-order valence-electron chi connectivity index (χ4n) is 6.89. The fraction of sp³-hybridized carbons (Fsp3) is 0. The van der Waals surface area contributed by atoms with Crippen LogP contribution in [-0.4, -0.2) is 4.98 Å². The molecule has 0 radical (unpaired) electrons. The topological polar surface area (TPSA) is 29.3 Å². The standard InChI is InChI=1S/C43H26N2OS2/c1-3-10-27(11-4-1)28-18-20-30(21-19-28)45(34-15-9-17-36-40(34)32-14-7-8-16-35(32)46-36)31-22-23-33-39(26-31)47-37-24-25-38-42(41(33)37)44-43(48-38)29-12-5-2-6-13-29/h1-26H. The third-order valence-electron chi connectivity index (χ3n) is 9.11. The van der Waals surface area contributed by atoms with Crippen LogP contribution in [0.25, 0.3) is 74.0 Å². The number of nitrogens with zero attached hydrogens (tertiary/aromatic N) is 2. The number of aromatic nitrogens is 1. The largest absolute Gasteiger partial charge is 0.456 e. The predicted octanol–water partition coefficient (Wildman–Crippen LogP) is 13.4. The second-order valence-electron chi connectivity index (χ2n) is 11.9. The van der Waals surface area contributed by atoms with Gasteiger partial charge in [0.2, 0.25) is 0 Å². The molecule has 0 atom stereocenters. The van der Waals surface area contributed by atoms with Gasteiger partial charge in [-0.3, -0.25) is 0 Å². The smallest absolute Gasteiger partial charge is 0.137 e. The molecule has 48 heavy (non-hydrogen) atoms. The molecule has 0 fully saturated rings. The van der Waals surface area contributed by atoms with E-state index < -0.39 is 0 Å². The van der Waals surface area contributed by atoms with Crippen molar-refractivity contribution < 1.29 is 4.42 Å². The van der Waals surface area contributed by atoms with Gasteiger partial charge in [-0.2, -0.15) is 0 Å². The third kappa shape index (κ3) is 4.36. The highest BCUT2D eigenvalue weighted by Gasteiger charge is 2.21. The SMILES string of the molecule is c1ccc(-c2ccc(N(c3ccc4c(c3)sc3ccc5sc(-c6ccccc6)nc5c34)c3cccc4oc5ccccc5c34)cc2)cc1. The summed E-state index contributed by atoms with van der Waals surface area (Å²) >= 11 is 3.59. The quantitative estimate of drug-likeness (QED) is 0.186. The van der Waals surface area contributed by atoms with Crippen molar-refractivity contribution in [2.45, 2.75) is 0 Å². The molecule has 0 amide bonds. The average Bonchev–Trinajstić information content (AvgIpc) is 3.86. The van der Waals surface area contributed by atoms with Crippen LogP contribution < -0.4 is 4.90 Å². The van der Waals surface area contributed by atoms with E-state index in [0.29, 0.717) is 0 Å². The van der Waals surface area contributed by atoms with Gasteiger partial charge >= 0.3 is 0 Å². The molecule has 0 bridgehead atoms. The number of thiophene rings is 1. The number of furan rings is 1. The van der Waals surface area contributed by atoms with Gasteiger partial charge in [-0.05, 0) is 65.7 Å². The molecule has 10 aromatic rings. The molecule has 0 spiro atoms. The van der Waals surface area contributed by atoms with E-state index in [1.807, 2.05) is 23.5 Å². The number of hydrogen-bond donors (Lipinski definition) is 0. The van der Waals surface area contributed by atoms with Crippen LogP contribution in [0.2, 0.25) is 0 Å². The Morgan fingerprint density at radius 3 is 1.98 bits per heavy atom. The summed E-state index contributed by atoms with van der Waals surface area (Å²) in [6.45, 7) is 0. The summed E-state index contributed by atoms with van der Waals surface area (Å²) in [5.74, 6) is 0. The maximum atomic E-state index is 6.35. The van der Waals surface area contributed by atoms with Crippen LogP contribution >= 0.6 is 22.7 Å². The van der Waals surface area contributed by atoms with Crippen LogP contribution in [0.4, 0.5) is 17.1 Å². The summed E-state index contributed by atoms with van der Waals surface area (Å²) in [6.07, 6.45) is 0. The summed E-state index contributed by atoms with van der Waals surface area (Å²) in [6, 6.07) is 55.9. The summed E-state index contributed by atoms with van der Waals surface area (Å²) in [5.41, 5.74) is 9.66. The van der Waals surface area contributed by atoms with Crippen molar-refractivity contribution in [2.75, 3.05) is 4.90 Å². The summed E-state index contributed by atoms with van der Waals surface area (Å²) in [4.78, 5) is 7.55. The fourth-order valence-corrected chi connectivity index (χ4v) is 9.01. The number of thiazole rings is 1. The molecule has 7 aromatic carbocycles. The average molecular weight is 651 g/mol. The molecule has 226 valence electrons. The van der Waals surface area contributed by atoms with Gasteiger partial charge in [0.05, 0.1) is 21.3 Å². The molecule has 0 aliphatic carbocycles. The van der Waals surface area contributed by atoms with Gasteiger partial charge < -0.3 is 9.32 Å². The first-order chi connectivity index (χ1) is 23.8. The first-order valence-electron chi connectivity index (χ1n) is 16.0. The van der Waals surface area contributed by atoms with Crippen molar-refractivity contribution in [3.63, 3.8) is 0 Å². The van der Waals surface area contributed by atoms with Crippen molar-refractivity contribution in [2.24, 2.45) is 0 Å². The maximum absolute atomic E-state index is 6.35. The molecule has 3 nitrogen and oxygen atoms in total. The van der Waals surface area contributed by atoms with Gasteiger partial charge in [-0.25, -0.2) is 4.98 Å². The first-order valence-corrected chi connectivity index (χ1v) is 17.6. The van der Waals surface area contributed by atoms with Gasteiger partial charge in [0.25, 0.3) is 0 Å². The molecular weight excluding hydrogens is 625 g/mol. The molecule has 0 N–H and O–H groups in total. The Kier molecular flexibility index (Phi) is 6.22. The molecule has 10 rings (SSSR count). The molecule has 0 saturated heterocycles. The highest BCUT2D eigenvalue weighted by molar-refractivity contribution is 7.26. The lowest BCUT2D eigenvalue weighted by molar-refractivity contribution is 0.669. The van der Waals surface area contributed by atoms with Gasteiger partial charge in [0.15, 0.2) is 0 Å². The minimum Gasteiger partial charge on any atom is -0.456 e. The molecule has 3 heterocycles. The van der Waals surface area contributed by atoms with Crippen molar-refractivity contribution in [1.82, 2.24) is 4.98 Å². The molecule has 0 aliphatic rings. The number of anilines is 3. The Balaban J connectivity index is 1.17. The van der Waals surface area contributed by atoms with Crippen LogP contribution in [0.15, 0.2) is 162 Å². The Morgan fingerprint density at radius 2 is 1.15 bits per heavy atom. The van der Waals surface area contributed by atoms with Crippen LogP contribution in [0, 0.1) is 0 Å². The Bertz CT molecular complexity index is 2780. The van der Waals surface area contributed by atoms with Gasteiger partial charge in [-0.15, -0.1) is 22.7 Å². The summed E-state index contributed by atoms with van der Waals surface area (Å²) in [5, 5.41) is 5.74. The Labute approximate surface area is 284 Å². The lowest BCUT2D eigenvalue weighted by atomic mass is 10.0. The number of rotatable bonds is 5. The molecule has 5 heteroatoms. The first kappa shape index (κ1) is 27.4. The van der Waals surface area contributed by atoms with E-state index in [1.165, 1.54) is 36.0 Å². The van der Waals surface area contributed by atoms with Gasteiger partial charge in [-0.1, -0.05) is 103 Å². The minimum absolute atomic E-state index is 0.877. The lowest BCUT2D eigenvalue weighted by Crippen LogP contribution is -2.10. The van der Waals surface area contributed by atoms with Gasteiger partial charge in [0, 0.05) is 42.5 Å². The number of hydrogen-bond acceptors (Lipinski definition) is 5. The molecule has 3 aromatic heterocycles. The second kappa shape index (κ2) is 10.9. The minimum atomic E-state index is 0.877. The highest BCUT2D eigenvalue weighted by atomic mass is 32.1. The van der Waals surface area contributed by atoms with E-state index in [4.69, 9.17) is 9.40 Å². The molecule has 0 saturated carbocycles. The molecule has 0 aliphatic heterocycles. The zero-order chi connectivity index (χ0) is 31.6. The van der Waals surface area contributed by atoms with Crippen molar-refractivity contribution in [3.05, 3.63) is 158 Å². The van der Waals surface area contributed by atoms with E-state index in [2.05, 4.69) is 150 Å². The Hall–Kier alpha value is -5.75. The van der Waals surface area contributed by atoms with Crippen molar-refractivity contribution in [3.8, 4) is 21.7 Å². The Morgan fingerprint density at radius 1 is 0.458 bits per heavy atom. The third-order valence-corrected chi connectivity index (χ3v) is 11.3. The molecule has 0 unspecified atom stereocenters. The second-order valence-corrected chi connectivity index (χ2v) is 14.1. The summed E-state index contributed by atoms with van der Waals surface area (Å²) in [7, 11) is 0. The number of benzene rings is 7. The van der Waals surface area contributed by atoms with Crippen molar-refractivity contribution >= 4 is 92.1 Å². The van der Waals surface area contributed by atoms with Crippen LogP contribution in [0.1, 0.15) is 0 Å². The normalized spacial score (nSPS) is 11.8. The van der Waals surface area contributed by atoms with E-state index in [-0.39, 0.29) is 0 Å². The van der Waals surface area contributed by atoms with E-state index in [1.54, 1.807) is 11.3 Å². The summed E-state index contributed by atoms with van der Waals surface area (Å²) < 4.78 is 10.0. The zero-order valence-corrected chi connectivity index (χ0v) is 27.3. The van der Waals surface area contributed by atoms with E-state index in [0.717, 1.165) is 55.1 Å². The van der Waals surface area contributed by atoms with Crippen LogP contribution in [-0.2, 0) is 0 Å². The molecular formula is C43H26N2OS2. The highest BCUT2D eigenvalue weighted by Crippen LogP contribution is 2.46. The monoisotopic (exact) mass is 650 g/mol. The zero-order valence-electron chi connectivity index (χ0n) is 25.6. The lowest BCUT2D eigenvalue weighted by Gasteiger charge is -2.26. The van der Waals surface area contributed by atoms with E-state index >= 15 is 0 Å². The van der Waals surface area contributed by atoms with E-state index in [9.17, 15) is 0 Å². The maximum Gasteiger partial charge on any atom is 0.137 e. The van der Waals surface area contributed by atoms with Crippen LogP contribution in [0.3, 0.4) is 0 Å². The number of para-hydroxylation sites is 1. The van der Waals surface area contributed by atoms with Crippen LogP contribution in [0.5, 0.6) is 0 Å².